The summed E-state index contributed by atoms with van der Waals surface area (Å²) >= 11 is 0. The van der Waals surface area contributed by atoms with E-state index in [4.69, 9.17) is 0 Å². The summed E-state index contributed by atoms with van der Waals surface area (Å²) in [6.45, 7) is 8.59. The average Bonchev–Trinajstić information content (AvgIpc) is 3.80. The fraction of sp³-hybridized carbons (Fsp3) is 0.905. The van der Waals surface area contributed by atoms with Gasteiger partial charge >= 0.3 is 299 Å². The van der Waals surface area contributed by atoms with E-state index in [0.717, 1.165) is 40.6 Å². The van der Waals surface area contributed by atoms with E-state index in [-0.39, 0.29) is 0 Å². The maximum atomic E-state index is 3.02. The molecule has 4 saturated carbocycles. The molecule has 0 aromatic carbocycles. The molecule has 4 aliphatic carbocycles. The van der Waals surface area contributed by atoms with Gasteiger partial charge in [-0.25, -0.2) is 0 Å². The summed E-state index contributed by atoms with van der Waals surface area (Å²) in [6, 6.07) is 0. The Morgan fingerprint density at radius 3 is 1.10 bits per heavy atom. The third kappa shape index (κ3) is 5.92. The van der Waals surface area contributed by atoms with Gasteiger partial charge in [0.1, 0.15) is 0 Å². The van der Waals surface area contributed by atoms with Crippen molar-refractivity contribution in [2.24, 2.45) is 0 Å². The molecule has 0 aromatic rings. The van der Waals surface area contributed by atoms with Crippen LogP contribution in [-0.2, 0) is 0 Å². The Morgan fingerprint density at radius 2 is 0.792 bits per heavy atom. The summed E-state index contributed by atoms with van der Waals surface area (Å²) in [5, 5.41) is 0. The molecular formula is C42H76N4P2. The zero-order chi connectivity index (χ0) is 32.6. The third-order valence-electron chi connectivity index (χ3n) is 16.5. The van der Waals surface area contributed by atoms with Crippen LogP contribution in [0.25, 0.3) is 0 Å². The average molecular weight is 699 g/mol. The zero-order valence-corrected chi connectivity index (χ0v) is 33.5. The molecule has 0 N–H and O–H groups in total. The number of nitrogens with zero attached hydrogens (tertiary/aromatic N) is 4. The molecule has 4 aliphatic heterocycles. The molecule has 3 unspecified atom stereocenters. The Bertz CT molecular complexity index is 981. The van der Waals surface area contributed by atoms with Crippen LogP contribution >= 0.6 is 14.5 Å². The molecule has 4 atom stereocenters. The second kappa shape index (κ2) is 15.3. The van der Waals surface area contributed by atoms with Gasteiger partial charge in [-0.05, 0) is 0 Å². The number of hydrogen-bond donors (Lipinski definition) is 0. The van der Waals surface area contributed by atoms with E-state index >= 15 is 0 Å². The van der Waals surface area contributed by atoms with Crippen LogP contribution in [0.5, 0.6) is 0 Å². The molecule has 6 fully saturated rings. The van der Waals surface area contributed by atoms with Crippen molar-refractivity contribution in [1.29, 1.82) is 0 Å². The zero-order valence-electron chi connectivity index (χ0n) is 31.5. The molecular weight excluding hydrogens is 622 g/mol. The molecule has 6 heteroatoms. The standard InChI is InChI=1S/C42H76N4P2/c1-3-5-27-43-29-31-45-33-46-32-30-44(28-6-4-2)42(46)40-39(41(43)45)47(35-19-11-7-12-20-35,36-21-13-8-14-22-36)34-48(40,37-23-15-9-16-24-37)38-25-17-10-18-26-38/h29-32,35-42,47-48H,3-28,33-34H2,1-2H3/t39-,40?,41?,42?/m0/s1. The van der Waals surface area contributed by atoms with Crippen LogP contribution in [-0.4, -0.2) is 91.5 Å². The Labute approximate surface area is 297 Å². The third-order valence-corrected chi connectivity index (χ3v) is 33.9. The first kappa shape index (κ1) is 34.6. The van der Waals surface area contributed by atoms with Gasteiger partial charge in [0.05, 0.1) is 0 Å². The van der Waals surface area contributed by atoms with E-state index in [2.05, 4.69) is 58.2 Å². The number of hydrogen-bond acceptors (Lipinski definition) is 4. The summed E-state index contributed by atoms with van der Waals surface area (Å²) in [5.74, 6) is 1.89. The van der Waals surface area contributed by atoms with Crippen molar-refractivity contribution in [3.63, 3.8) is 0 Å². The summed E-state index contributed by atoms with van der Waals surface area (Å²) < 4.78 is 0. The molecule has 8 rings (SSSR count). The Balaban J connectivity index is 1.37. The summed E-state index contributed by atoms with van der Waals surface area (Å²) in [4.78, 5) is 12.0. The van der Waals surface area contributed by atoms with Crippen LogP contribution in [0.4, 0.5) is 0 Å². The van der Waals surface area contributed by atoms with Crippen LogP contribution in [0.3, 0.4) is 0 Å². The molecule has 48 heavy (non-hydrogen) atoms. The quantitative estimate of drug-likeness (QED) is 0.211. The van der Waals surface area contributed by atoms with Gasteiger partial charge in [0.2, 0.25) is 0 Å². The van der Waals surface area contributed by atoms with Crippen molar-refractivity contribution in [2.45, 2.75) is 214 Å². The van der Waals surface area contributed by atoms with E-state index < -0.39 is 14.5 Å². The number of rotatable bonds is 10. The van der Waals surface area contributed by atoms with Gasteiger partial charge in [0.15, 0.2) is 0 Å². The van der Waals surface area contributed by atoms with E-state index in [9.17, 15) is 0 Å². The first-order chi connectivity index (χ1) is 23.7. The van der Waals surface area contributed by atoms with Gasteiger partial charge in [0, 0.05) is 0 Å². The van der Waals surface area contributed by atoms with Gasteiger partial charge in [0.25, 0.3) is 0 Å². The van der Waals surface area contributed by atoms with Gasteiger partial charge in [-0.2, -0.15) is 0 Å². The monoisotopic (exact) mass is 699 g/mol. The van der Waals surface area contributed by atoms with Gasteiger partial charge in [-0.1, -0.05) is 0 Å². The van der Waals surface area contributed by atoms with E-state index in [1.807, 2.05) is 5.90 Å². The fourth-order valence-corrected chi connectivity index (χ4v) is 40.3. The second-order valence-corrected chi connectivity index (χ2v) is 29.0. The van der Waals surface area contributed by atoms with Gasteiger partial charge in [-0.3, -0.25) is 0 Å². The van der Waals surface area contributed by atoms with Crippen molar-refractivity contribution >= 4 is 14.5 Å². The molecule has 0 amide bonds. The van der Waals surface area contributed by atoms with Crippen molar-refractivity contribution in [2.75, 3.05) is 25.7 Å². The molecule has 0 radical (unpaired) electrons. The first-order valence-corrected chi connectivity index (χ1v) is 27.0. The summed E-state index contributed by atoms with van der Waals surface area (Å²) in [7, 11) is -3.52. The molecule has 0 spiro atoms. The summed E-state index contributed by atoms with van der Waals surface area (Å²) in [6.07, 6.45) is 48.7. The van der Waals surface area contributed by atoms with E-state index in [1.54, 1.807) is 103 Å². The van der Waals surface area contributed by atoms with Gasteiger partial charge in [-0.15, -0.1) is 0 Å². The Hall–Kier alpha value is -0.460. The van der Waals surface area contributed by atoms with Crippen LogP contribution in [0.15, 0.2) is 24.8 Å². The minimum absolute atomic E-state index is 0.658. The van der Waals surface area contributed by atoms with Crippen molar-refractivity contribution in [3.8, 4) is 0 Å². The molecule has 4 heterocycles. The molecule has 4 nitrogen and oxygen atoms in total. The van der Waals surface area contributed by atoms with Crippen LogP contribution < -0.4 is 0 Å². The first-order valence-electron chi connectivity index (χ1n) is 22.1. The molecule has 2 saturated heterocycles. The Kier molecular flexibility index (Phi) is 11.0. The predicted octanol–water partition coefficient (Wildman–Crippen LogP) is 10.9. The van der Waals surface area contributed by atoms with E-state index in [0.29, 0.717) is 12.3 Å². The van der Waals surface area contributed by atoms with Crippen molar-refractivity contribution in [3.05, 3.63) is 24.8 Å². The van der Waals surface area contributed by atoms with Crippen LogP contribution in [0.2, 0.25) is 0 Å². The minimum atomic E-state index is -1.76. The van der Waals surface area contributed by atoms with Crippen LogP contribution in [0.1, 0.15) is 168 Å². The topological polar surface area (TPSA) is 13.0 Å². The van der Waals surface area contributed by atoms with Crippen molar-refractivity contribution < 1.29 is 0 Å². The van der Waals surface area contributed by atoms with Crippen molar-refractivity contribution in [1.82, 2.24) is 19.6 Å². The number of unbranched alkanes of at least 4 members (excludes halogenated alkanes) is 2. The van der Waals surface area contributed by atoms with E-state index in [1.165, 1.54) is 64.5 Å². The molecule has 0 bridgehead atoms. The molecule has 8 aliphatic rings. The summed E-state index contributed by atoms with van der Waals surface area (Å²) in [5.41, 5.74) is 6.41. The second-order valence-electron chi connectivity index (χ2n) is 18.6. The Morgan fingerprint density at radius 1 is 0.458 bits per heavy atom. The fourth-order valence-electron chi connectivity index (χ4n) is 14.7. The normalized spacial score (nSPS) is 35.8. The van der Waals surface area contributed by atoms with Gasteiger partial charge < -0.3 is 0 Å². The SMILES string of the molecule is CCCCN1C=CN2CN3C=CN(CCCC)C3[C@@H]3C(C12)[PH](C1CCCCC1)(C1CCCCC1)C[PH]3(C1CCCCC1)C1CCCCC1. The molecule has 274 valence electrons. The van der Waals surface area contributed by atoms with Crippen LogP contribution in [0, 0.1) is 0 Å². The maximum absolute atomic E-state index is 3.02. The molecule has 0 aromatic heterocycles. The predicted molar refractivity (Wildman–Crippen MR) is 214 cm³/mol. The number of fused-ring (bicyclic) bond motifs is 5.